The lowest BCUT2D eigenvalue weighted by molar-refractivity contribution is 0.386. The zero-order chi connectivity index (χ0) is 5.21. The summed E-state index contributed by atoms with van der Waals surface area (Å²) >= 11 is 0. The van der Waals surface area contributed by atoms with Gasteiger partial charge in [-0.1, -0.05) is 6.58 Å². The standard InChI is InChI=1S/C2H5O3P.2ClH/c1-2-6(3,4)5;;/h2H,1H2,(H2,3,4,5);2*1H. The van der Waals surface area contributed by atoms with Gasteiger partial charge in [0.05, 0.1) is 0 Å². The molecule has 0 aliphatic carbocycles. The van der Waals surface area contributed by atoms with Crippen LogP contribution in [0.4, 0.5) is 0 Å². The van der Waals surface area contributed by atoms with E-state index in [4.69, 9.17) is 9.79 Å². The van der Waals surface area contributed by atoms with E-state index < -0.39 is 7.60 Å². The molecule has 3 nitrogen and oxygen atoms in total. The Labute approximate surface area is 59.8 Å². The molecule has 0 aliphatic rings. The number of hydrogen-bond donors (Lipinski definition) is 2. The Kier molecular flexibility index (Phi) is 11.1. The van der Waals surface area contributed by atoms with Gasteiger partial charge in [-0.05, 0) is 0 Å². The molecule has 8 heavy (non-hydrogen) atoms. The van der Waals surface area contributed by atoms with E-state index in [1.807, 2.05) is 0 Å². The van der Waals surface area contributed by atoms with Crippen molar-refractivity contribution in [3.05, 3.63) is 12.4 Å². The van der Waals surface area contributed by atoms with Crippen molar-refractivity contribution in [2.24, 2.45) is 0 Å². The van der Waals surface area contributed by atoms with Crippen LogP contribution in [0.25, 0.3) is 0 Å². The molecular weight excluding hydrogens is 174 g/mol. The third-order valence-electron chi connectivity index (χ3n) is 0.238. The smallest absolute Gasteiger partial charge is 0.321 e. The quantitative estimate of drug-likeness (QED) is 0.596. The lowest BCUT2D eigenvalue weighted by atomic mass is 11.3. The first-order chi connectivity index (χ1) is 2.56. The van der Waals surface area contributed by atoms with Gasteiger partial charge < -0.3 is 9.79 Å². The van der Waals surface area contributed by atoms with Gasteiger partial charge >= 0.3 is 7.60 Å². The molecule has 0 atom stereocenters. The van der Waals surface area contributed by atoms with E-state index in [9.17, 15) is 4.57 Å². The Morgan fingerprint density at radius 1 is 1.38 bits per heavy atom. The highest BCUT2D eigenvalue weighted by atomic mass is 35.5. The van der Waals surface area contributed by atoms with Crippen molar-refractivity contribution in [2.45, 2.75) is 0 Å². The highest BCUT2D eigenvalue weighted by molar-refractivity contribution is 7.55. The van der Waals surface area contributed by atoms with Crippen molar-refractivity contribution in [3.8, 4) is 0 Å². The molecule has 0 amide bonds. The van der Waals surface area contributed by atoms with Crippen LogP contribution in [0.15, 0.2) is 12.4 Å². The van der Waals surface area contributed by atoms with E-state index in [0.717, 1.165) is 0 Å². The van der Waals surface area contributed by atoms with Gasteiger partial charge in [0.2, 0.25) is 0 Å². The minimum absolute atomic E-state index is 0. The summed E-state index contributed by atoms with van der Waals surface area (Å²) in [5.74, 6) is 0.604. The fraction of sp³-hybridized carbons (Fsp3) is 0. The average molecular weight is 181 g/mol. The fourth-order valence-corrected chi connectivity index (χ4v) is 0. The van der Waals surface area contributed by atoms with Crippen molar-refractivity contribution in [1.29, 1.82) is 0 Å². The highest BCUT2D eigenvalue weighted by Gasteiger charge is 2.00. The summed E-state index contributed by atoms with van der Waals surface area (Å²) in [5, 5.41) is 0. The van der Waals surface area contributed by atoms with Crippen LogP contribution < -0.4 is 0 Å². The van der Waals surface area contributed by atoms with Crippen molar-refractivity contribution in [2.75, 3.05) is 0 Å². The molecule has 0 rings (SSSR count). The second-order valence-electron chi connectivity index (χ2n) is 0.772. The summed E-state index contributed by atoms with van der Waals surface area (Å²) in [6.07, 6.45) is 0. The summed E-state index contributed by atoms with van der Waals surface area (Å²) in [5.41, 5.74) is 0. The van der Waals surface area contributed by atoms with Crippen LogP contribution >= 0.6 is 32.4 Å². The van der Waals surface area contributed by atoms with Crippen molar-refractivity contribution in [3.63, 3.8) is 0 Å². The van der Waals surface area contributed by atoms with E-state index in [1.165, 1.54) is 0 Å². The Hall–Kier alpha value is 0.470. The molecule has 6 heteroatoms. The van der Waals surface area contributed by atoms with Crippen LogP contribution in [0.5, 0.6) is 0 Å². The van der Waals surface area contributed by atoms with Gasteiger partial charge in [0.25, 0.3) is 0 Å². The van der Waals surface area contributed by atoms with Crippen LogP contribution in [0.1, 0.15) is 0 Å². The number of halogens is 2. The first-order valence-electron chi connectivity index (χ1n) is 1.25. The summed E-state index contributed by atoms with van der Waals surface area (Å²) in [6.45, 7) is 2.87. The lowest BCUT2D eigenvalue weighted by Gasteiger charge is -1.87. The SMILES string of the molecule is C=CP(=O)(O)O.Cl.Cl. The van der Waals surface area contributed by atoms with Crippen molar-refractivity contribution < 1.29 is 14.4 Å². The Morgan fingerprint density at radius 3 is 1.50 bits per heavy atom. The zero-order valence-electron chi connectivity index (χ0n) is 3.85. The maximum Gasteiger partial charge on any atom is 0.348 e. The molecule has 0 unspecified atom stereocenters. The molecule has 0 bridgehead atoms. The maximum atomic E-state index is 9.58. The summed E-state index contributed by atoms with van der Waals surface area (Å²) in [6, 6.07) is 0. The zero-order valence-corrected chi connectivity index (χ0v) is 6.38. The molecule has 0 saturated carbocycles. The topological polar surface area (TPSA) is 57.5 Å². The molecule has 0 fully saturated rings. The fourth-order valence-electron chi connectivity index (χ4n) is 0. The lowest BCUT2D eigenvalue weighted by Crippen LogP contribution is -1.63. The molecule has 0 spiro atoms. The molecule has 0 aromatic rings. The Balaban J connectivity index is -0.000000125. The second kappa shape index (κ2) is 5.60. The van der Waals surface area contributed by atoms with Gasteiger partial charge in [-0.25, -0.2) is 0 Å². The molecule has 0 aromatic heterocycles. The van der Waals surface area contributed by atoms with Crippen LogP contribution in [-0.4, -0.2) is 9.79 Å². The van der Waals surface area contributed by atoms with E-state index in [2.05, 4.69) is 6.58 Å². The van der Waals surface area contributed by atoms with Crippen LogP contribution in [0, 0.1) is 0 Å². The molecule has 2 N–H and O–H groups in total. The maximum absolute atomic E-state index is 9.58. The molecular formula is C2H7Cl2O3P. The summed E-state index contributed by atoms with van der Waals surface area (Å²) in [4.78, 5) is 15.6. The minimum atomic E-state index is -3.88. The third-order valence-corrected chi connectivity index (χ3v) is 0.714. The molecule has 0 radical (unpaired) electrons. The Morgan fingerprint density at radius 2 is 1.50 bits per heavy atom. The molecule has 0 aromatic carbocycles. The largest absolute Gasteiger partial charge is 0.348 e. The Bertz CT molecular complexity index is 97.5. The number of rotatable bonds is 1. The van der Waals surface area contributed by atoms with Crippen LogP contribution in [0.2, 0.25) is 0 Å². The first kappa shape index (κ1) is 15.8. The predicted octanol–water partition coefficient (Wildman–Crippen LogP) is 1.15. The predicted molar refractivity (Wildman–Crippen MR) is 36.7 cm³/mol. The van der Waals surface area contributed by atoms with Gasteiger partial charge in [-0.2, -0.15) is 0 Å². The molecule has 52 valence electrons. The summed E-state index contributed by atoms with van der Waals surface area (Å²) in [7, 11) is -3.88. The van der Waals surface area contributed by atoms with Gasteiger partial charge in [-0.3, -0.25) is 4.57 Å². The highest BCUT2D eigenvalue weighted by Crippen LogP contribution is 2.34. The first-order valence-corrected chi connectivity index (χ1v) is 2.93. The second-order valence-corrected chi connectivity index (χ2v) is 2.31. The summed E-state index contributed by atoms with van der Waals surface area (Å²) < 4.78 is 9.58. The number of hydrogen-bond acceptors (Lipinski definition) is 1. The van der Waals surface area contributed by atoms with E-state index in [-0.39, 0.29) is 24.8 Å². The minimum Gasteiger partial charge on any atom is -0.321 e. The van der Waals surface area contributed by atoms with Gasteiger partial charge in [-0.15, -0.1) is 24.8 Å². The van der Waals surface area contributed by atoms with Gasteiger partial charge in [0.15, 0.2) is 0 Å². The van der Waals surface area contributed by atoms with E-state index >= 15 is 0 Å². The van der Waals surface area contributed by atoms with E-state index in [0.29, 0.717) is 5.82 Å². The van der Waals surface area contributed by atoms with Crippen molar-refractivity contribution >= 4 is 32.4 Å². The molecule has 0 saturated heterocycles. The van der Waals surface area contributed by atoms with E-state index in [1.54, 1.807) is 0 Å². The van der Waals surface area contributed by atoms with Crippen LogP contribution in [0.3, 0.4) is 0 Å². The molecule has 0 heterocycles. The monoisotopic (exact) mass is 180 g/mol. The van der Waals surface area contributed by atoms with Crippen LogP contribution in [-0.2, 0) is 4.57 Å². The van der Waals surface area contributed by atoms with Gasteiger partial charge in [0, 0.05) is 5.82 Å². The normalized spacial score (nSPS) is 8.25. The van der Waals surface area contributed by atoms with Gasteiger partial charge in [0.1, 0.15) is 0 Å². The molecule has 0 aliphatic heterocycles. The average Bonchev–Trinajstić information content (AvgIpc) is 1.35. The van der Waals surface area contributed by atoms with Crippen molar-refractivity contribution in [1.82, 2.24) is 0 Å². The third kappa shape index (κ3) is 16.1.